The van der Waals surface area contributed by atoms with Gasteiger partial charge in [-0.3, -0.25) is 14.4 Å². The summed E-state index contributed by atoms with van der Waals surface area (Å²) >= 11 is 0. The van der Waals surface area contributed by atoms with Gasteiger partial charge >= 0.3 is 5.97 Å². The predicted octanol–water partition coefficient (Wildman–Crippen LogP) is 2.67. The Morgan fingerprint density at radius 1 is 1.23 bits per heavy atom. The van der Waals surface area contributed by atoms with Crippen molar-refractivity contribution in [1.29, 1.82) is 0 Å². The van der Waals surface area contributed by atoms with Crippen LogP contribution in [-0.2, 0) is 9.59 Å². The second kappa shape index (κ2) is 7.85. The summed E-state index contributed by atoms with van der Waals surface area (Å²) in [5.41, 5.74) is 0.526. The van der Waals surface area contributed by atoms with E-state index in [0.29, 0.717) is 38.2 Å². The van der Waals surface area contributed by atoms with Crippen LogP contribution in [0.3, 0.4) is 0 Å². The summed E-state index contributed by atoms with van der Waals surface area (Å²) in [5, 5.41) is 8.83. The van der Waals surface area contributed by atoms with Crippen molar-refractivity contribution in [2.75, 3.05) is 24.5 Å². The van der Waals surface area contributed by atoms with Crippen molar-refractivity contribution in [3.05, 3.63) is 29.6 Å². The number of rotatable bonds is 5. The summed E-state index contributed by atoms with van der Waals surface area (Å²) in [4.78, 5) is 38.7. The number of carbonyl (C=O) groups excluding carboxylic acids is 2. The molecule has 0 radical (unpaired) electrons. The third-order valence-electron chi connectivity index (χ3n) is 5.14. The van der Waals surface area contributed by atoms with Gasteiger partial charge in [-0.05, 0) is 49.8 Å². The molecule has 1 aromatic carbocycles. The topological polar surface area (TPSA) is 77.9 Å². The van der Waals surface area contributed by atoms with Crippen molar-refractivity contribution >= 4 is 23.5 Å². The lowest BCUT2D eigenvalue weighted by atomic mass is 9.93. The first-order valence-corrected chi connectivity index (χ1v) is 9.06. The zero-order valence-electron chi connectivity index (χ0n) is 14.6. The molecule has 7 heteroatoms. The fraction of sp³-hybridized carbons (Fsp3) is 0.526. The molecular formula is C19H23FN2O4. The van der Waals surface area contributed by atoms with Gasteiger partial charge in [0.2, 0.25) is 5.91 Å². The molecule has 0 aliphatic carbocycles. The fourth-order valence-electron chi connectivity index (χ4n) is 3.75. The molecule has 0 saturated carbocycles. The average molecular weight is 362 g/mol. The van der Waals surface area contributed by atoms with Gasteiger partial charge in [-0.15, -0.1) is 0 Å². The van der Waals surface area contributed by atoms with Crippen LogP contribution in [0.5, 0.6) is 0 Å². The minimum absolute atomic E-state index is 0.0123. The Morgan fingerprint density at radius 3 is 2.73 bits per heavy atom. The molecule has 2 saturated heterocycles. The van der Waals surface area contributed by atoms with Gasteiger partial charge in [0.15, 0.2) is 0 Å². The monoisotopic (exact) mass is 362 g/mol. The van der Waals surface area contributed by atoms with Gasteiger partial charge in [-0.25, -0.2) is 4.39 Å². The van der Waals surface area contributed by atoms with Crippen LogP contribution in [0.1, 0.15) is 48.9 Å². The summed E-state index contributed by atoms with van der Waals surface area (Å²) in [5.74, 6) is -1.73. The molecule has 1 aromatic rings. The van der Waals surface area contributed by atoms with Crippen LogP contribution < -0.4 is 4.90 Å². The summed E-state index contributed by atoms with van der Waals surface area (Å²) in [6.45, 7) is 1.56. The SMILES string of the molecule is O=C(O)CC[C@H]1CCCN(C(=O)c2cc(N3CCCC3=O)ccc2F)C1. The number of anilines is 1. The van der Waals surface area contributed by atoms with Crippen molar-refractivity contribution in [2.45, 2.75) is 38.5 Å². The molecule has 0 spiro atoms. The molecule has 2 fully saturated rings. The summed E-state index contributed by atoms with van der Waals surface area (Å²) < 4.78 is 14.3. The number of piperidine rings is 1. The van der Waals surface area contributed by atoms with Gasteiger partial charge in [0.25, 0.3) is 5.91 Å². The van der Waals surface area contributed by atoms with Gasteiger partial charge in [-0.2, -0.15) is 0 Å². The van der Waals surface area contributed by atoms with Crippen LogP contribution in [-0.4, -0.2) is 47.4 Å². The lowest BCUT2D eigenvalue weighted by molar-refractivity contribution is -0.137. The van der Waals surface area contributed by atoms with Crippen molar-refractivity contribution in [3.63, 3.8) is 0 Å². The van der Waals surface area contributed by atoms with Gasteiger partial charge in [-0.1, -0.05) is 0 Å². The zero-order chi connectivity index (χ0) is 18.7. The van der Waals surface area contributed by atoms with E-state index >= 15 is 0 Å². The molecule has 140 valence electrons. The fourth-order valence-corrected chi connectivity index (χ4v) is 3.75. The number of carbonyl (C=O) groups is 3. The van der Waals surface area contributed by atoms with Crippen molar-refractivity contribution < 1.29 is 23.9 Å². The largest absolute Gasteiger partial charge is 0.481 e. The highest BCUT2D eigenvalue weighted by atomic mass is 19.1. The number of carboxylic acid groups (broad SMARTS) is 1. The number of benzene rings is 1. The average Bonchev–Trinajstić information content (AvgIpc) is 3.06. The molecule has 2 aliphatic rings. The molecule has 26 heavy (non-hydrogen) atoms. The maximum Gasteiger partial charge on any atom is 0.303 e. The number of nitrogens with zero attached hydrogens (tertiary/aromatic N) is 2. The Kier molecular flexibility index (Phi) is 5.54. The third-order valence-corrected chi connectivity index (χ3v) is 5.14. The first-order valence-electron chi connectivity index (χ1n) is 9.06. The molecule has 6 nitrogen and oxygen atoms in total. The second-order valence-electron chi connectivity index (χ2n) is 7.00. The lowest BCUT2D eigenvalue weighted by Crippen LogP contribution is -2.40. The van der Waals surface area contributed by atoms with E-state index in [1.165, 1.54) is 18.2 Å². The number of likely N-dealkylation sites (tertiary alicyclic amines) is 1. The first kappa shape index (κ1) is 18.4. The predicted molar refractivity (Wildman–Crippen MR) is 93.5 cm³/mol. The van der Waals surface area contributed by atoms with Crippen molar-refractivity contribution in [2.24, 2.45) is 5.92 Å². The van der Waals surface area contributed by atoms with Gasteiger partial charge in [0.1, 0.15) is 5.82 Å². The van der Waals surface area contributed by atoms with E-state index in [9.17, 15) is 18.8 Å². The van der Waals surface area contributed by atoms with Crippen molar-refractivity contribution in [3.8, 4) is 0 Å². The van der Waals surface area contributed by atoms with Gasteiger partial charge in [0, 0.05) is 38.2 Å². The summed E-state index contributed by atoms with van der Waals surface area (Å²) in [6, 6.07) is 4.23. The Bertz CT molecular complexity index is 721. The quantitative estimate of drug-likeness (QED) is 0.874. The molecule has 2 aliphatic heterocycles. The van der Waals surface area contributed by atoms with Crippen LogP contribution in [0.2, 0.25) is 0 Å². The molecule has 3 rings (SSSR count). The maximum atomic E-state index is 14.3. The molecule has 2 amide bonds. The van der Waals surface area contributed by atoms with Crippen LogP contribution in [0, 0.1) is 11.7 Å². The Labute approximate surface area is 151 Å². The number of carboxylic acids is 1. The lowest BCUT2D eigenvalue weighted by Gasteiger charge is -2.33. The number of hydrogen-bond donors (Lipinski definition) is 1. The number of halogens is 1. The van der Waals surface area contributed by atoms with E-state index in [2.05, 4.69) is 0 Å². The molecule has 0 unspecified atom stereocenters. The van der Waals surface area contributed by atoms with Crippen LogP contribution in [0.15, 0.2) is 18.2 Å². The minimum Gasteiger partial charge on any atom is -0.481 e. The normalized spacial score (nSPS) is 20.5. The smallest absolute Gasteiger partial charge is 0.303 e. The highest BCUT2D eigenvalue weighted by molar-refractivity contribution is 5.99. The zero-order valence-corrected chi connectivity index (χ0v) is 14.6. The molecule has 2 heterocycles. The number of hydrogen-bond acceptors (Lipinski definition) is 3. The van der Waals surface area contributed by atoms with Crippen molar-refractivity contribution in [1.82, 2.24) is 4.90 Å². The van der Waals surface area contributed by atoms with Gasteiger partial charge < -0.3 is 14.9 Å². The van der Waals surface area contributed by atoms with E-state index in [1.54, 1.807) is 9.80 Å². The highest BCUT2D eigenvalue weighted by Gasteiger charge is 2.28. The minimum atomic E-state index is -0.845. The highest BCUT2D eigenvalue weighted by Crippen LogP contribution is 2.27. The standard InChI is InChI=1S/C19H23FN2O4/c20-16-7-6-14(22-10-2-4-17(22)23)11-15(16)19(26)21-9-1-3-13(12-21)5-8-18(24)25/h6-7,11,13H,1-5,8-10,12H2,(H,24,25)/t13-/m1/s1. The molecule has 1 N–H and O–H groups in total. The molecule has 0 aromatic heterocycles. The Morgan fingerprint density at radius 2 is 2.04 bits per heavy atom. The Hall–Kier alpha value is -2.44. The number of amides is 2. The van der Waals surface area contributed by atoms with E-state index in [0.717, 1.165) is 19.3 Å². The summed E-state index contributed by atoms with van der Waals surface area (Å²) in [7, 11) is 0. The molecule has 0 bridgehead atoms. The van der Waals surface area contributed by atoms with E-state index in [-0.39, 0.29) is 23.8 Å². The third kappa shape index (κ3) is 4.03. The second-order valence-corrected chi connectivity index (χ2v) is 7.00. The van der Waals surface area contributed by atoms with E-state index in [4.69, 9.17) is 5.11 Å². The van der Waals surface area contributed by atoms with E-state index in [1.807, 2.05) is 0 Å². The number of aliphatic carboxylic acids is 1. The van der Waals surface area contributed by atoms with Crippen LogP contribution in [0.4, 0.5) is 10.1 Å². The van der Waals surface area contributed by atoms with Gasteiger partial charge in [0.05, 0.1) is 5.56 Å². The van der Waals surface area contributed by atoms with Crippen LogP contribution >= 0.6 is 0 Å². The van der Waals surface area contributed by atoms with Crippen LogP contribution in [0.25, 0.3) is 0 Å². The first-order chi connectivity index (χ1) is 12.5. The molecule has 1 atom stereocenters. The maximum absolute atomic E-state index is 14.3. The van der Waals surface area contributed by atoms with E-state index < -0.39 is 17.7 Å². The Balaban J connectivity index is 1.74. The molecular weight excluding hydrogens is 339 g/mol. The summed E-state index contributed by atoms with van der Waals surface area (Å²) in [6.07, 6.45) is 3.48.